The lowest BCUT2D eigenvalue weighted by atomic mass is 9.96. The maximum absolute atomic E-state index is 12.8. The van der Waals surface area contributed by atoms with Crippen molar-refractivity contribution >= 4 is 16.7 Å². The fraction of sp³-hybridized carbons (Fsp3) is 0. The van der Waals surface area contributed by atoms with Crippen LogP contribution in [0.5, 0.6) is 5.75 Å². The molecule has 0 aliphatic rings. The maximum Gasteiger partial charge on any atom is 0.249 e. The topological polar surface area (TPSA) is 70.2 Å². The molecule has 2 N–H and O–H groups in total. The van der Waals surface area contributed by atoms with Crippen molar-refractivity contribution in [2.24, 2.45) is 0 Å². The van der Waals surface area contributed by atoms with E-state index in [1.54, 1.807) is 30.3 Å². The number of hydrogen-bond donors (Lipinski definition) is 2. The van der Waals surface area contributed by atoms with Gasteiger partial charge in [-0.1, -0.05) is 60.7 Å². The number of nitrogens with one attached hydrogen (secondary N) is 1. The molecule has 26 heavy (non-hydrogen) atoms. The SMILES string of the molecule is O=C(c1ccccc1)c1cc(O)c2[nH]c(=O)cc(-c3ccccc3)c2c1. The van der Waals surface area contributed by atoms with Crippen molar-refractivity contribution in [2.75, 3.05) is 0 Å². The summed E-state index contributed by atoms with van der Waals surface area (Å²) in [6, 6.07) is 22.9. The molecule has 0 saturated carbocycles. The van der Waals surface area contributed by atoms with Crippen molar-refractivity contribution in [1.29, 1.82) is 0 Å². The number of pyridine rings is 1. The van der Waals surface area contributed by atoms with Crippen molar-refractivity contribution in [3.63, 3.8) is 0 Å². The van der Waals surface area contributed by atoms with Gasteiger partial charge in [0.1, 0.15) is 5.75 Å². The Bertz CT molecular complexity index is 1160. The van der Waals surface area contributed by atoms with Gasteiger partial charge < -0.3 is 10.1 Å². The Labute approximate surface area is 149 Å². The smallest absolute Gasteiger partial charge is 0.249 e. The van der Waals surface area contributed by atoms with Crippen LogP contribution in [0.15, 0.2) is 83.7 Å². The molecule has 0 radical (unpaired) electrons. The first-order valence-corrected chi connectivity index (χ1v) is 8.19. The molecule has 4 nitrogen and oxygen atoms in total. The Balaban J connectivity index is 1.98. The first-order chi connectivity index (χ1) is 12.6. The van der Waals surface area contributed by atoms with E-state index in [4.69, 9.17) is 0 Å². The van der Waals surface area contributed by atoms with Crippen LogP contribution in [0.2, 0.25) is 0 Å². The lowest BCUT2D eigenvalue weighted by Crippen LogP contribution is -2.07. The van der Waals surface area contributed by atoms with Crippen molar-refractivity contribution in [3.05, 3.63) is 100 Å². The molecule has 0 saturated heterocycles. The van der Waals surface area contributed by atoms with Gasteiger partial charge in [-0.2, -0.15) is 0 Å². The summed E-state index contributed by atoms with van der Waals surface area (Å²) < 4.78 is 0. The van der Waals surface area contributed by atoms with Crippen molar-refractivity contribution in [2.45, 2.75) is 0 Å². The highest BCUT2D eigenvalue weighted by Crippen LogP contribution is 2.32. The Morgan fingerprint density at radius 1 is 0.808 bits per heavy atom. The first-order valence-electron chi connectivity index (χ1n) is 8.19. The van der Waals surface area contributed by atoms with Crippen LogP contribution < -0.4 is 5.56 Å². The number of phenolic OH excluding ortho intramolecular Hbond substituents is 1. The average Bonchev–Trinajstić information content (AvgIpc) is 2.68. The van der Waals surface area contributed by atoms with Crippen LogP contribution in [0.3, 0.4) is 0 Å². The van der Waals surface area contributed by atoms with Gasteiger partial charge in [0.15, 0.2) is 5.78 Å². The van der Waals surface area contributed by atoms with E-state index < -0.39 is 0 Å². The first kappa shape index (κ1) is 15.8. The molecule has 4 aromatic rings. The molecule has 4 rings (SSSR count). The number of carbonyl (C=O) groups is 1. The van der Waals surface area contributed by atoms with Crippen molar-refractivity contribution in [3.8, 4) is 16.9 Å². The van der Waals surface area contributed by atoms with Crippen molar-refractivity contribution < 1.29 is 9.90 Å². The second-order valence-corrected chi connectivity index (χ2v) is 6.03. The Hall–Kier alpha value is -3.66. The molecule has 1 heterocycles. The molecule has 0 atom stereocenters. The van der Waals surface area contributed by atoms with Crippen LogP contribution in [0.1, 0.15) is 15.9 Å². The average molecular weight is 341 g/mol. The van der Waals surface area contributed by atoms with Crippen LogP contribution in [0.25, 0.3) is 22.0 Å². The molecule has 0 amide bonds. The Morgan fingerprint density at radius 3 is 2.15 bits per heavy atom. The summed E-state index contributed by atoms with van der Waals surface area (Å²) in [7, 11) is 0. The van der Waals surface area contributed by atoms with Crippen LogP contribution in [0, 0.1) is 0 Å². The number of aromatic nitrogens is 1. The standard InChI is InChI=1S/C22H15NO3/c24-19-12-16(22(26)15-9-5-2-6-10-15)11-18-17(13-20(25)23-21(18)19)14-7-3-1-4-8-14/h1-13,24H,(H,23,25). The third kappa shape index (κ3) is 2.78. The minimum Gasteiger partial charge on any atom is -0.506 e. The van der Waals surface area contributed by atoms with Crippen molar-refractivity contribution in [1.82, 2.24) is 4.98 Å². The van der Waals surface area contributed by atoms with Gasteiger partial charge >= 0.3 is 0 Å². The summed E-state index contributed by atoms with van der Waals surface area (Å²) in [5.74, 6) is -0.315. The molecule has 1 aromatic heterocycles. The normalized spacial score (nSPS) is 10.8. The quantitative estimate of drug-likeness (QED) is 0.550. The van der Waals surface area contributed by atoms with Gasteiger partial charge in [-0.05, 0) is 23.3 Å². The predicted octanol–water partition coefficient (Wildman–Crippen LogP) is 4.13. The van der Waals surface area contributed by atoms with Gasteiger partial charge in [0.25, 0.3) is 0 Å². The largest absolute Gasteiger partial charge is 0.506 e. The van der Waals surface area contributed by atoms with E-state index in [-0.39, 0.29) is 17.1 Å². The molecule has 0 aliphatic heterocycles. The van der Waals surface area contributed by atoms with E-state index in [9.17, 15) is 14.7 Å². The Morgan fingerprint density at radius 2 is 1.46 bits per heavy atom. The zero-order chi connectivity index (χ0) is 18.1. The van der Waals surface area contributed by atoms with E-state index in [0.717, 1.165) is 5.56 Å². The molecule has 0 bridgehead atoms. The molecular formula is C22H15NO3. The van der Waals surface area contributed by atoms with Gasteiger partial charge in [-0.3, -0.25) is 9.59 Å². The van der Waals surface area contributed by atoms with Crippen LogP contribution in [0.4, 0.5) is 0 Å². The molecular weight excluding hydrogens is 326 g/mol. The second kappa shape index (κ2) is 6.33. The summed E-state index contributed by atoms with van der Waals surface area (Å²) in [5.41, 5.74) is 2.42. The van der Waals surface area contributed by atoms with Crippen LogP contribution in [-0.4, -0.2) is 15.9 Å². The number of hydrogen-bond acceptors (Lipinski definition) is 3. The van der Waals surface area contributed by atoms with E-state index in [1.807, 2.05) is 36.4 Å². The number of aromatic hydroxyl groups is 1. The highest BCUT2D eigenvalue weighted by atomic mass is 16.3. The third-order valence-electron chi connectivity index (χ3n) is 4.31. The minimum absolute atomic E-state index is 0.128. The summed E-state index contributed by atoms with van der Waals surface area (Å²) in [4.78, 5) is 27.5. The molecule has 0 fully saturated rings. The Kier molecular flexibility index (Phi) is 3.86. The number of carbonyl (C=O) groups excluding carboxylic acids is 1. The molecule has 0 spiro atoms. The highest BCUT2D eigenvalue weighted by molar-refractivity contribution is 6.12. The number of aromatic amines is 1. The number of H-pyrrole nitrogens is 1. The van der Waals surface area contributed by atoms with Crippen LogP contribution >= 0.6 is 0 Å². The lowest BCUT2D eigenvalue weighted by molar-refractivity contribution is 0.103. The fourth-order valence-electron chi connectivity index (χ4n) is 3.08. The van der Waals surface area contributed by atoms with Gasteiger partial charge in [0.05, 0.1) is 5.52 Å². The maximum atomic E-state index is 12.8. The van der Waals surface area contributed by atoms with E-state index in [0.29, 0.717) is 27.6 Å². The fourth-order valence-corrected chi connectivity index (χ4v) is 3.08. The number of benzene rings is 3. The summed E-state index contributed by atoms with van der Waals surface area (Å²) in [6.45, 7) is 0. The van der Waals surface area contributed by atoms with Gasteiger partial charge in [0, 0.05) is 22.6 Å². The second-order valence-electron chi connectivity index (χ2n) is 6.03. The van der Waals surface area contributed by atoms with E-state index in [1.165, 1.54) is 12.1 Å². The molecule has 3 aromatic carbocycles. The predicted molar refractivity (Wildman–Crippen MR) is 102 cm³/mol. The monoisotopic (exact) mass is 341 g/mol. The molecule has 0 unspecified atom stereocenters. The number of phenols is 1. The number of fused-ring (bicyclic) bond motifs is 1. The number of rotatable bonds is 3. The molecule has 0 aliphatic carbocycles. The van der Waals surface area contributed by atoms with E-state index in [2.05, 4.69) is 4.98 Å². The number of ketones is 1. The third-order valence-corrected chi connectivity index (χ3v) is 4.31. The highest BCUT2D eigenvalue weighted by Gasteiger charge is 2.15. The zero-order valence-corrected chi connectivity index (χ0v) is 13.8. The summed E-state index contributed by atoms with van der Waals surface area (Å²) >= 11 is 0. The minimum atomic E-state index is -0.311. The van der Waals surface area contributed by atoms with Gasteiger partial charge in [-0.25, -0.2) is 0 Å². The summed E-state index contributed by atoms with van der Waals surface area (Å²) in [5, 5.41) is 11.0. The molecule has 126 valence electrons. The lowest BCUT2D eigenvalue weighted by Gasteiger charge is -2.10. The van der Waals surface area contributed by atoms with Gasteiger partial charge in [-0.15, -0.1) is 0 Å². The molecule has 4 heteroatoms. The summed E-state index contributed by atoms with van der Waals surface area (Å²) in [6.07, 6.45) is 0. The van der Waals surface area contributed by atoms with Crippen LogP contribution in [-0.2, 0) is 0 Å². The zero-order valence-electron chi connectivity index (χ0n) is 13.8. The van der Waals surface area contributed by atoms with E-state index >= 15 is 0 Å². The van der Waals surface area contributed by atoms with Gasteiger partial charge in [0.2, 0.25) is 5.56 Å².